The second kappa shape index (κ2) is 5.31. The van der Waals surface area contributed by atoms with Crippen molar-refractivity contribution in [2.75, 3.05) is 6.61 Å². The summed E-state index contributed by atoms with van der Waals surface area (Å²) < 4.78 is 0. The van der Waals surface area contributed by atoms with Gasteiger partial charge in [-0.25, -0.2) is 0 Å². The molecule has 0 aromatic rings. The Kier molecular flexibility index (Phi) is 4.60. The van der Waals surface area contributed by atoms with E-state index < -0.39 is 0 Å². The van der Waals surface area contributed by atoms with Gasteiger partial charge in [-0.2, -0.15) is 0 Å². The maximum atomic E-state index is 9.37. The first-order valence-electron chi connectivity index (χ1n) is 6.29. The van der Waals surface area contributed by atoms with Crippen LogP contribution in [0.4, 0.5) is 0 Å². The highest BCUT2D eigenvalue weighted by molar-refractivity contribution is 4.85. The third-order valence-corrected chi connectivity index (χ3v) is 3.39. The zero-order chi connectivity index (χ0) is 11.5. The monoisotopic (exact) mass is 213 g/mol. The first-order valence-corrected chi connectivity index (χ1v) is 6.29. The standard InChI is InChI=1S/C13H27NO/c1-10-6-5-7-12(10)14-11(9-15)8-13(2,3)4/h10-12,14-15H,5-9H2,1-4H3. The molecule has 3 atom stereocenters. The van der Waals surface area contributed by atoms with Gasteiger partial charge in [0.25, 0.3) is 0 Å². The Morgan fingerprint density at radius 2 is 2.00 bits per heavy atom. The average Bonchev–Trinajstić information content (AvgIpc) is 2.48. The van der Waals surface area contributed by atoms with Crippen molar-refractivity contribution in [3.63, 3.8) is 0 Å². The van der Waals surface area contributed by atoms with Crippen LogP contribution in [0, 0.1) is 11.3 Å². The van der Waals surface area contributed by atoms with Crippen LogP contribution in [-0.4, -0.2) is 23.8 Å². The molecule has 1 rings (SSSR count). The van der Waals surface area contributed by atoms with Crippen LogP contribution in [0.5, 0.6) is 0 Å². The summed E-state index contributed by atoms with van der Waals surface area (Å²) in [5.41, 5.74) is 0.294. The molecule has 1 saturated carbocycles. The molecule has 0 aromatic carbocycles. The molecule has 1 aliphatic carbocycles. The van der Waals surface area contributed by atoms with Crippen LogP contribution in [0.1, 0.15) is 53.4 Å². The summed E-state index contributed by atoms with van der Waals surface area (Å²) in [5.74, 6) is 0.777. The fraction of sp³-hybridized carbons (Fsp3) is 1.00. The first kappa shape index (κ1) is 13.0. The SMILES string of the molecule is CC1CCCC1NC(CO)CC(C)(C)C. The Balaban J connectivity index is 2.39. The molecular formula is C13H27NO. The van der Waals surface area contributed by atoms with E-state index in [4.69, 9.17) is 0 Å². The van der Waals surface area contributed by atoms with Crippen LogP contribution in [-0.2, 0) is 0 Å². The van der Waals surface area contributed by atoms with Crippen molar-refractivity contribution in [1.82, 2.24) is 5.32 Å². The largest absolute Gasteiger partial charge is 0.395 e. The smallest absolute Gasteiger partial charge is 0.0584 e. The lowest BCUT2D eigenvalue weighted by atomic mass is 9.87. The van der Waals surface area contributed by atoms with Crippen molar-refractivity contribution in [2.24, 2.45) is 11.3 Å². The van der Waals surface area contributed by atoms with Gasteiger partial charge in [0.2, 0.25) is 0 Å². The molecule has 3 unspecified atom stereocenters. The van der Waals surface area contributed by atoms with Crippen LogP contribution < -0.4 is 5.32 Å². The summed E-state index contributed by atoms with van der Waals surface area (Å²) in [4.78, 5) is 0. The lowest BCUT2D eigenvalue weighted by Gasteiger charge is -2.29. The molecular weight excluding hydrogens is 186 g/mol. The molecule has 1 fully saturated rings. The fourth-order valence-corrected chi connectivity index (χ4v) is 2.61. The van der Waals surface area contributed by atoms with Crippen molar-refractivity contribution >= 4 is 0 Å². The minimum atomic E-state index is 0.264. The Morgan fingerprint density at radius 1 is 1.33 bits per heavy atom. The van der Waals surface area contributed by atoms with Gasteiger partial charge in [-0.1, -0.05) is 34.1 Å². The lowest BCUT2D eigenvalue weighted by molar-refractivity contribution is 0.182. The van der Waals surface area contributed by atoms with Crippen LogP contribution in [0.15, 0.2) is 0 Å². The van der Waals surface area contributed by atoms with Crippen molar-refractivity contribution < 1.29 is 5.11 Å². The van der Waals surface area contributed by atoms with Gasteiger partial charge in [-0.15, -0.1) is 0 Å². The molecule has 0 amide bonds. The summed E-state index contributed by atoms with van der Waals surface area (Å²) in [7, 11) is 0. The van der Waals surface area contributed by atoms with Gasteiger partial charge in [-0.05, 0) is 30.6 Å². The second-order valence-corrected chi connectivity index (χ2v) is 6.33. The second-order valence-electron chi connectivity index (χ2n) is 6.33. The van der Waals surface area contributed by atoms with Crippen molar-refractivity contribution in [1.29, 1.82) is 0 Å². The minimum absolute atomic E-state index is 0.264. The van der Waals surface area contributed by atoms with Crippen LogP contribution in [0.25, 0.3) is 0 Å². The van der Waals surface area contributed by atoms with Gasteiger partial charge >= 0.3 is 0 Å². The molecule has 0 heterocycles. The summed E-state index contributed by atoms with van der Waals surface area (Å²) in [5, 5.41) is 13.0. The third kappa shape index (κ3) is 4.52. The van der Waals surface area contributed by atoms with Crippen LogP contribution in [0.3, 0.4) is 0 Å². The maximum Gasteiger partial charge on any atom is 0.0584 e. The zero-order valence-corrected chi connectivity index (χ0v) is 10.7. The minimum Gasteiger partial charge on any atom is -0.395 e. The van der Waals surface area contributed by atoms with Crippen LogP contribution in [0.2, 0.25) is 0 Å². The molecule has 0 bridgehead atoms. The molecule has 2 N–H and O–H groups in total. The number of hydrogen-bond donors (Lipinski definition) is 2. The quantitative estimate of drug-likeness (QED) is 0.752. The fourth-order valence-electron chi connectivity index (χ4n) is 2.61. The van der Waals surface area contributed by atoms with Gasteiger partial charge < -0.3 is 10.4 Å². The topological polar surface area (TPSA) is 32.3 Å². The zero-order valence-electron chi connectivity index (χ0n) is 10.7. The van der Waals surface area contributed by atoms with Gasteiger partial charge in [0.05, 0.1) is 6.61 Å². The third-order valence-electron chi connectivity index (χ3n) is 3.39. The molecule has 0 saturated heterocycles. The Bertz CT molecular complexity index is 185. The highest BCUT2D eigenvalue weighted by atomic mass is 16.3. The first-order chi connectivity index (χ1) is 6.92. The van der Waals surface area contributed by atoms with E-state index in [2.05, 4.69) is 33.0 Å². The van der Waals surface area contributed by atoms with E-state index in [1.54, 1.807) is 0 Å². The van der Waals surface area contributed by atoms with E-state index in [0.717, 1.165) is 12.3 Å². The molecule has 0 aromatic heterocycles. The molecule has 1 aliphatic rings. The molecule has 90 valence electrons. The van der Waals surface area contributed by atoms with Crippen molar-refractivity contribution in [3.8, 4) is 0 Å². The summed E-state index contributed by atoms with van der Waals surface area (Å²) in [6.45, 7) is 9.27. The maximum absolute atomic E-state index is 9.37. The Hall–Kier alpha value is -0.0800. The van der Waals surface area contributed by atoms with E-state index in [1.807, 2.05) is 0 Å². The predicted molar refractivity (Wildman–Crippen MR) is 64.9 cm³/mol. The summed E-state index contributed by atoms with van der Waals surface area (Å²) in [6.07, 6.45) is 5.01. The van der Waals surface area contributed by atoms with E-state index in [9.17, 15) is 5.11 Å². The normalized spacial score (nSPS) is 29.4. The lowest BCUT2D eigenvalue weighted by Crippen LogP contribution is -2.43. The molecule has 0 radical (unpaired) electrons. The number of rotatable bonds is 4. The summed E-state index contributed by atoms with van der Waals surface area (Å²) in [6, 6.07) is 0.903. The molecule has 15 heavy (non-hydrogen) atoms. The average molecular weight is 213 g/mol. The van der Waals surface area contributed by atoms with E-state index in [-0.39, 0.29) is 12.6 Å². The number of aliphatic hydroxyl groups is 1. The number of hydrogen-bond acceptors (Lipinski definition) is 2. The molecule has 0 spiro atoms. The summed E-state index contributed by atoms with van der Waals surface area (Å²) >= 11 is 0. The van der Waals surface area contributed by atoms with Crippen molar-refractivity contribution in [3.05, 3.63) is 0 Å². The highest BCUT2D eigenvalue weighted by Gasteiger charge is 2.27. The van der Waals surface area contributed by atoms with Crippen LogP contribution >= 0.6 is 0 Å². The van der Waals surface area contributed by atoms with Crippen molar-refractivity contribution in [2.45, 2.75) is 65.5 Å². The van der Waals surface area contributed by atoms with E-state index in [1.165, 1.54) is 19.3 Å². The highest BCUT2D eigenvalue weighted by Crippen LogP contribution is 2.27. The van der Waals surface area contributed by atoms with E-state index >= 15 is 0 Å². The molecule has 2 heteroatoms. The predicted octanol–water partition coefficient (Wildman–Crippen LogP) is 2.56. The molecule has 2 nitrogen and oxygen atoms in total. The Morgan fingerprint density at radius 3 is 2.40 bits per heavy atom. The molecule has 0 aliphatic heterocycles. The van der Waals surface area contributed by atoms with Gasteiger partial charge in [0, 0.05) is 12.1 Å². The Labute approximate surface area is 94.5 Å². The number of aliphatic hydroxyl groups excluding tert-OH is 1. The van der Waals surface area contributed by atoms with Gasteiger partial charge in [0.1, 0.15) is 0 Å². The van der Waals surface area contributed by atoms with Gasteiger partial charge in [-0.3, -0.25) is 0 Å². The number of nitrogens with one attached hydrogen (secondary N) is 1. The van der Waals surface area contributed by atoms with Gasteiger partial charge in [0.15, 0.2) is 0 Å². The van der Waals surface area contributed by atoms with E-state index in [0.29, 0.717) is 11.5 Å².